The number of ketones is 1. The second-order valence-corrected chi connectivity index (χ2v) is 4.71. The third-order valence-electron chi connectivity index (χ3n) is 3.37. The van der Waals surface area contributed by atoms with E-state index >= 15 is 0 Å². The monoisotopic (exact) mass is 197 g/mol. The predicted octanol–water partition coefficient (Wildman–Crippen LogP) is 2.51. The van der Waals surface area contributed by atoms with Gasteiger partial charge in [-0.3, -0.25) is 4.79 Å². The summed E-state index contributed by atoms with van der Waals surface area (Å²) in [5.41, 5.74) is 5.67. The number of carbonyl (C=O) groups is 1. The Hall–Kier alpha value is -0.370. The van der Waals surface area contributed by atoms with E-state index in [9.17, 15) is 4.79 Å². The fourth-order valence-corrected chi connectivity index (χ4v) is 2.59. The standard InChI is InChI=1S/C12H23NO/c1-3-10-6-4-5-7-11(10)12(14)8-9(2)13/h9-11H,3-8,13H2,1-2H3. The minimum atomic E-state index is 0.0296. The number of hydrogen-bond donors (Lipinski definition) is 1. The molecule has 0 saturated heterocycles. The normalized spacial score (nSPS) is 29.9. The zero-order chi connectivity index (χ0) is 10.6. The third kappa shape index (κ3) is 3.09. The lowest BCUT2D eigenvalue weighted by atomic mass is 9.74. The topological polar surface area (TPSA) is 43.1 Å². The molecule has 2 N–H and O–H groups in total. The molecule has 1 aliphatic rings. The minimum Gasteiger partial charge on any atom is -0.328 e. The quantitative estimate of drug-likeness (QED) is 0.752. The highest BCUT2D eigenvalue weighted by molar-refractivity contribution is 5.81. The van der Waals surface area contributed by atoms with Gasteiger partial charge in [0.2, 0.25) is 0 Å². The summed E-state index contributed by atoms with van der Waals surface area (Å²) < 4.78 is 0. The summed E-state index contributed by atoms with van der Waals surface area (Å²) in [6.45, 7) is 4.11. The largest absolute Gasteiger partial charge is 0.328 e. The molecule has 82 valence electrons. The predicted molar refractivity (Wildman–Crippen MR) is 59.0 cm³/mol. The van der Waals surface area contributed by atoms with E-state index in [1.807, 2.05) is 6.92 Å². The molecule has 3 atom stereocenters. The van der Waals surface area contributed by atoms with E-state index in [-0.39, 0.29) is 6.04 Å². The molecular weight excluding hydrogens is 174 g/mol. The first-order chi connectivity index (χ1) is 6.65. The molecule has 14 heavy (non-hydrogen) atoms. The number of carbonyl (C=O) groups excluding carboxylic acids is 1. The van der Waals surface area contributed by atoms with Gasteiger partial charge in [-0.25, -0.2) is 0 Å². The summed E-state index contributed by atoms with van der Waals surface area (Å²) in [6, 6.07) is 0.0296. The summed E-state index contributed by atoms with van der Waals surface area (Å²) in [4.78, 5) is 11.9. The minimum absolute atomic E-state index is 0.0296. The van der Waals surface area contributed by atoms with Gasteiger partial charge in [-0.2, -0.15) is 0 Å². The van der Waals surface area contributed by atoms with Crippen LogP contribution in [0.25, 0.3) is 0 Å². The Balaban J connectivity index is 2.50. The number of nitrogens with two attached hydrogens (primary N) is 1. The lowest BCUT2D eigenvalue weighted by Gasteiger charge is -2.30. The van der Waals surface area contributed by atoms with Crippen LogP contribution in [-0.2, 0) is 4.79 Å². The first-order valence-electron chi connectivity index (χ1n) is 5.93. The van der Waals surface area contributed by atoms with Crippen LogP contribution in [0.3, 0.4) is 0 Å². The lowest BCUT2D eigenvalue weighted by Crippen LogP contribution is -2.31. The van der Waals surface area contributed by atoms with Crippen LogP contribution in [0.15, 0.2) is 0 Å². The van der Waals surface area contributed by atoms with E-state index < -0.39 is 0 Å². The maximum atomic E-state index is 11.9. The van der Waals surface area contributed by atoms with Gasteiger partial charge in [0.25, 0.3) is 0 Å². The maximum Gasteiger partial charge on any atom is 0.137 e. The van der Waals surface area contributed by atoms with Crippen LogP contribution in [0.2, 0.25) is 0 Å². The highest BCUT2D eigenvalue weighted by atomic mass is 16.1. The lowest BCUT2D eigenvalue weighted by molar-refractivity contribution is -0.125. The zero-order valence-corrected chi connectivity index (χ0v) is 9.46. The molecule has 3 unspecified atom stereocenters. The summed E-state index contributed by atoms with van der Waals surface area (Å²) in [5, 5.41) is 0. The molecule has 0 radical (unpaired) electrons. The molecule has 1 saturated carbocycles. The van der Waals surface area contributed by atoms with Crippen molar-refractivity contribution in [3.8, 4) is 0 Å². The van der Waals surface area contributed by atoms with E-state index in [0.29, 0.717) is 24.0 Å². The van der Waals surface area contributed by atoms with Crippen LogP contribution in [0.5, 0.6) is 0 Å². The van der Waals surface area contributed by atoms with Crippen molar-refractivity contribution in [2.75, 3.05) is 0 Å². The fraction of sp³-hybridized carbons (Fsp3) is 0.917. The first kappa shape index (κ1) is 11.7. The summed E-state index contributed by atoms with van der Waals surface area (Å²) in [5.74, 6) is 1.36. The Morgan fingerprint density at radius 2 is 2.07 bits per heavy atom. The van der Waals surface area contributed by atoms with Crippen molar-refractivity contribution >= 4 is 5.78 Å². The van der Waals surface area contributed by atoms with Gasteiger partial charge in [0.05, 0.1) is 0 Å². The SMILES string of the molecule is CCC1CCCCC1C(=O)CC(C)N. The van der Waals surface area contributed by atoms with Crippen LogP contribution in [0, 0.1) is 11.8 Å². The Morgan fingerprint density at radius 1 is 1.43 bits per heavy atom. The van der Waals surface area contributed by atoms with E-state index in [2.05, 4.69) is 6.92 Å². The third-order valence-corrected chi connectivity index (χ3v) is 3.37. The summed E-state index contributed by atoms with van der Waals surface area (Å²) in [7, 11) is 0. The average Bonchev–Trinajstić information content (AvgIpc) is 2.16. The van der Waals surface area contributed by atoms with Gasteiger partial charge < -0.3 is 5.73 Å². The van der Waals surface area contributed by atoms with E-state index in [1.54, 1.807) is 0 Å². The van der Waals surface area contributed by atoms with Crippen molar-refractivity contribution in [2.45, 2.75) is 58.4 Å². The molecule has 0 spiro atoms. The number of rotatable bonds is 4. The molecule has 0 bridgehead atoms. The van der Waals surface area contributed by atoms with Gasteiger partial charge in [0.15, 0.2) is 0 Å². The van der Waals surface area contributed by atoms with Crippen molar-refractivity contribution in [1.82, 2.24) is 0 Å². The first-order valence-corrected chi connectivity index (χ1v) is 5.93. The summed E-state index contributed by atoms with van der Waals surface area (Å²) in [6.07, 6.45) is 6.60. The van der Waals surface area contributed by atoms with Gasteiger partial charge >= 0.3 is 0 Å². The average molecular weight is 197 g/mol. The van der Waals surface area contributed by atoms with Crippen molar-refractivity contribution in [2.24, 2.45) is 17.6 Å². The maximum absolute atomic E-state index is 11.9. The van der Waals surface area contributed by atoms with Crippen molar-refractivity contribution in [1.29, 1.82) is 0 Å². The van der Waals surface area contributed by atoms with Crippen LogP contribution < -0.4 is 5.73 Å². The molecule has 1 fully saturated rings. The smallest absolute Gasteiger partial charge is 0.137 e. The van der Waals surface area contributed by atoms with E-state index in [1.165, 1.54) is 19.3 Å². The molecule has 1 rings (SSSR count). The Morgan fingerprint density at radius 3 is 2.64 bits per heavy atom. The van der Waals surface area contributed by atoms with Gasteiger partial charge in [-0.05, 0) is 25.7 Å². The van der Waals surface area contributed by atoms with E-state index in [0.717, 1.165) is 12.8 Å². The van der Waals surface area contributed by atoms with Gasteiger partial charge in [0, 0.05) is 18.4 Å². The van der Waals surface area contributed by atoms with Gasteiger partial charge in [0.1, 0.15) is 5.78 Å². The second-order valence-electron chi connectivity index (χ2n) is 4.71. The molecule has 0 amide bonds. The molecular formula is C12H23NO. The Kier molecular flexibility index (Phi) is 4.59. The molecule has 0 aromatic heterocycles. The molecule has 0 heterocycles. The van der Waals surface area contributed by atoms with Crippen molar-refractivity contribution < 1.29 is 4.79 Å². The van der Waals surface area contributed by atoms with Crippen molar-refractivity contribution in [3.63, 3.8) is 0 Å². The van der Waals surface area contributed by atoms with Gasteiger partial charge in [-0.15, -0.1) is 0 Å². The van der Waals surface area contributed by atoms with Crippen LogP contribution in [0.4, 0.5) is 0 Å². The Bertz CT molecular complexity index is 189. The molecule has 1 aliphatic carbocycles. The number of Topliss-reactive ketones (excluding diaryl/α,β-unsaturated/α-hetero) is 1. The Labute approximate surface area is 87.2 Å². The highest BCUT2D eigenvalue weighted by Gasteiger charge is 2.29. The summed E-state index contributed by atoms with van der Waals surface area (Å²) >= 11 is 0. The number of hydrogen-bond acceptors (Lipinski definition) is 2. The van der Waals surface area contributed by atoms with Crippen LogP contribution in [0.1, 0.15) is 52.4 Å². The molecule has 2 heteroatoms. The fourth-order valence-electron chi connectivity index (χ4n) is 2.59. The highest BCUT2D eigenvalue weighted by Crippen LogP contribution is 2.33. The van der Waals surface area contributed by atoms with Crippen LogP contribution in [-0.4, -0.2) is 11.8 Å². The zero-order valence-electron chi connectivity index (χ0n) is 9.46. The molecule has 0 aliphatic heterocycles. The molecule has 0 aromatic carbocycles. The van der Waals surface area contributed by atoms with Crippen LogP contribution >= 0.6 is 0 Å². The molecule has 2 nitrogen and oxygen atoms in total. The van der Waals surface area contributed by atoms with E-state index in [4.69, 9.17) is 5.73 Å². The second kappa shape index (κ2) is 5.50. The van der Waals surface area contributed by atoms with Gasteiger partial charge in [-0.1, -0.05) is 26.2 Å². The molecule has 0 aromatic rings. The van der Waals surface area contributed by atoms with Crippen molar-refractivity contribution in [3.05, 3.63) is 0 Å².